The van der Waals surface area contributed by atoms with Crippen LogP contribution in [0.15, 0.2) is 0 Å². The van der Waals surface area contributed by atoms with Crippen molar-refractivity contribution in [3.05, 3.63) is 17.0 Å². The number of likely N-dealkylation sites (tertiary alicyclic amines) is 1. The highest BCUT2D eigenvalue weighted by molar-refractivity contribution is 5.78. The third-order valence-corrected chi connectivity index (χ3v) is 4.60. The number of hydrogen-bond donors (Lipinski definition) is 2. The molecule has 130 valence electrons. The van der Waals surface area contributed by atoms with E-state index in [0.29, 0.717) is 6.54 Å². The predicted octanol–water partition coefficient (Wildman–Crippen LogP) is 1.23. The summed E-state index contributed by atoms with van der Waals surface area (Å²) in [6.07, 6.45) is 2.16. The van der Waals surface area contributed by atoms with E-state index < -0.39 is 0 Å². The molecule has 6 nitrogen and oxygen atoms in total. The van der Waals surface area contributed by atoms with Gasteiger partial charge in [-0.05, 0) is 33.2 Å². The summed E-state index contributed by atoms with van der Waals surface area (Å²) >= 11 is 0. The summed E-state index contributed by atoms with van der Waals surface area (Å²) in [6, 6.07) is 0.242. The molecule has 2 rings (SSSR count). The Bertz CT molecular complexity index is 539. The van der Waals surface area contributed by atoms with Crippen LogP contribution in [0.1, 0.15) is 43.6 Å². The molecule has 1 fully saturated rings. The van der Waals surface area contributed by atoms with Gasteiger partial charge in [0.2, 0.25) is 5.91 Å². The van der Waals surface area contributed by atoms with Crippen molar-refractivity contribution < 1.29 is 9.90 Å². The number of nitrogens with one attached hydrogen (secondary N) is 1. The quantitative estimate of drug-likeness (QED) is 0.826. The smallest absolute Gasteiger partial charge is 0.222 e. The first-order chi connectivity index (χ1) is 10.9. The molecular weight excluding hydrogens is 292 g/mol. The molecule has 0 saturated carbocycles. The van der Waals surface area contributed by atoms with Crippen LogP contribution in [0, 0.1) is 19.8 Å². The second-order valence-corrected chi connectivity index (χ2v) is 6.83. The number of piperidine rings is 1. The maximum atomic E-state index is 11.9. The van der Waals surface area contributed by atoms with Gasteiger partial charge >= 0.3 is 0 Å². The zero-order valence-electron chi connectivity index (χ0n) is 14.8. The Balaban J connectivity index is 1.99. The number of amides is 1. The first-order valence-electron chi connectivity index (χ1n) is 8.58. The lowest BCUT2D eigenvalue weighted by atomic mass is 10.0. The SMILES string of the molecule is Cc1nn(CCO)c(C)c1CN1CCCC(NC(=O)C(C)C)C1. The van der Waals surface area contributed by atoms with Crippen molar-refractivity contribution in [1.82, 2.24) is 20.0 Å². The molecule has 6 heteroatoms. The van der Waals surface area contributed by atoms with E-state index in [0.717, 1.165) is 43.9 Å². The Kier molecular flexibility index (Phi) is 6.18. The molecule has 1 aliphatic heterocycles. The Morgan fingerprint density at radius 2 is 2.17 bits per heavy atom. The van der Waals surface area contributed by atoms with Crippen LogP contribution in [0.2, 0.25) is 0 Å². The zero-order chi connectivity index (χ0) is 17.0. The van der Waals surface area contributed by atoms with Crippen LogP contribution in [-0.2, 0) is 17.9 Å². The first-order valence-corrected chi connectivity index (χ1v) is 8.58. The molecule has 0 aromatic carbocycles. The molecule has 0 aliphatic carbocycles. The molecule has 1 amide bonds. The minimum absolute atomic E-state index is 0.0339. The summed E-state index contributed by atoms with van der Waals surface area (Å²) in [5.41, 5.74) is 3.41. The Morgan fingerprint density at radius 3 is 2.83 bits per heavy atom. The number of rotatable bonds is 6. The van der Waals surface area contributed by atoms with E-state index in [1.165, 1.54) is 5.56 Å². The van der Waals surface area contributed by atoms with Gasteiger partial charge in [-0.2, -0.15) is 5.10 Å². The van der Waals surface area contributed by atoms with Crippen LogP contribution in [0.5, 0.6) is 0 Å². The fraction of sp³-hybridized carbons (Fsp3) is 0.765. The van der Waals surface area contributed by atoms with E-state index in [1.54, 1.807) is 0 Å². The Morgan fingerprint density at radius 1 is 1.43 bits per heavy atom. The lowest BCUT2D eigenvalue weighted by Gasteiger charge is -2.33. The number of carbonyl (C=O) groups excluding carboxylic acids is 1. The molecule has 1 aromatic heterocycles. The van der Waals surface area contributed by atoms with Gasteiger partial charge in [-0.1, -0.05) is 13.8 Å². The van der Waals surface area contributed by atoms with Gasteiger partial charge in [0, 0.05) is 36.3 Å². The average Bonchev–Trinajstić information content (AvgIpc) is 2.76. The van der Waals surface area contributed by atoms with E-state index >= 15 is 0 Å². The summed E-state index contributed by atoms with van der Waals surface area (Å²) in [5, 5.41) is 16.8. The van der Waals surface area contributed by atoms with Crippen LogP contribution in [0.25, 0.3) is 0 Å². The summed E-state index contributed by atoms with van der Waals surface area (Å²) in [5.74, 6) is 0.173. The van der Waals surface area contributed by atoms with Crippen molar-refractivity contribution in [3.8, 4) is 0 Å². The van der Waals surface area contributed by atoms with E-state index in [9.17, 15) is 4.79 Å². The monoisotopic (exact) mass is 322 g/mol. The van der Waals surface area contributed by atoms with Crippen LogP contribution >= 0.6 is 0 Å². The van der Waals surface area contributed by atoms with Gasteiger partial charge in [-0.15, -0.1) is 0 Å². The minimum Gasteiger partial charge on any atom is -0.394 e. The van der Waals surface area contributed by atoms with Gasteiger partial charge in [0.25, 0.3) is 0 Å². The number of carbonyl (C=O) groups is 1. The maximum absolute atomic E-state index is 11.9. The second kappa shape index (κ2) is 7.93. The van der Waals surface area contributed by atoms with Gasteiger partial charge in [0.15, 0.2) is 0 Å². The lowest BCUT2D eigenvalue weighted by Crippen LogP contribution is -2.48. The topological polar surface area (TPSA) is 70.4 Å². The summed E-state index contributed by atoms with van der Waals surface area (Å²) < 4.78 is 1.88. The average molecular weight is 322 g/mol. The van der Waals surface area contributed by atoms with Crippen LogP contribution in [0.3, 0.4) is 0 Å². The molecule has 1 saturated heterocycles. The standard InChI is InChI=1S/C17H30N4O2/c1-12(2)17(23)18-15-6-5-7-20(10-15)11-16-13(3)19-21(8-9-22)14(16)4/h12,15,22H,5-11H2,1-4H3,(H,18,23). The third kappa shape index (κ3) is 4.54. The molecule has 23 heavy (non-hydrogen) atoms. The second-order valence-electron chi connectivity index (χ2n) is 6.83. The van der Waals surface area contributed by atoms with Crippen molar-refractivity contribution >= 4 is 5.91 Å². The van der Waals surface area contributed by atoms with E-state index in [-0.39, 0.29) is 24.5 Å². The van der Waals surface area contributed by atoms with E-state index in [4.69, 9.17) is 5.11 Å². The van der Waals surface area contributed by atoms with Gasteiger partial charge in [0.1, 0.15) is 0 Å². The number of aromatic nitrogens is 2. The number of hydrogen-bond acceptors (Lipinski definition) is 4. The highest BCUT2D eigenvalue weighted by Gasteiger charge is 2.24. The molecular formula is C17H30N4O2. The van der Waals surface area contributed by atoms with Gasteiger partial charge in [-0.25, -0.2) is 0 Å². The van der Waals surface area contributed by atoms with Crippen LogP contribution in [0.4, 0.5) is 0 Å². The number of aliphatic hydroxyl groups excluding tert-OH is 1. The first kappa shape index (κ1) is 17.9. The maximum Gasteiger partial charge on any atom is 0.222 e. The highest BCUT2D eigenvalue weighted by atomic mass is 16.3. The molecule has 0 bridgehead atoms. The zero-order valence-corrected chi connectivity index (χ0v) is 14.8. The fourth-order valence-electron chi connectivity index (χ4n) is 3.18. The fourth-order valence-corrected chi connectivity index (χ4v) is 3.18. The Hall–Kier alpha value is -1.40. The van der Waals surface area contributed by atoms with Gasteiger partial charge in [-0.3, -0.25) is 14.4 Å². The van der Waals surface area contributed by atoms with Crippen molar-refractivity contribution in [2.75, 3.05) is 19.7 Å². The third-order valence-electron chi connectivity index (χ3n) is 4.60. The molecule has 0 radical (unpaired) electrons. The van der Waals surface area contributed by atoms with E-state index in [1.807, 2.05) is 25.5 Å². The van der Waals surface area contributed by atoms with Crippen molar-refractivity contribution in [2.45, 2.75) is 59.7 Å². The minimum atomic E-state index is 0.0339. The molecule has 1 aromatic rings. The molecule has 1 atom stereocenters. The normalized spacial score (nSPS) is 19.3. The predicted molar refractivity (Wildman–Crippen MR) is 90.1 cm³/mol. The molecule has 2 N–H and O–H groups in total. The molecule has 1 unspecified atom stereocenters. The highest BCUT2D eigenvalue weighted by Crippen LogP contribution is 2.19. The van der Waals surface area contributed by atoms with Crippen LogP contribution in [-0.4, -0.2) is 51.4 Å². The van der Waals surface area contributed by atoms with Crippen LogP contribution < -0.4 is 5.32 Å². The molecule has 1 aliphatic rings. The van der Waals surface area contributed by atoms with Crippen molar-refractivity contribution in [3.63, 3.8) is 0 Å². The summed E-state index contributed by atoms with van der Waals surface area (Å²) in [6.45, 7) is 11.4. The molecule has 0 spiro atoms. The number of aryl methyl sites for hydroxylation is 1. The lowest BCUT2D eigenvalue weighted by molar-refractivity contribution is -0.125. The number of aliphatic hydroxyl groups is 1. The largest absolute Gasteiger partial charge is 0.394 e. The van der Waals surface area contributed by atoms with E-state index in [2.05, 4.69) is 22.2 Å². The summed E-state index contributed by atoms with van der Waals surface area (Å²) in [7, 11) is 0. The van der Waals surface area contributed by atoms with Crippen molar-refractivity contribution in [1.29, 1.82) is 0 Å². The number of nitrogens with zero attached hydrogens (tertiary/aromatic N) is 3. The van der Waals surface area contributed by atoms with Gasteiger partial charge < -0.3 is 10.4 Å². The molecule has 2 heterocycles. The summed E-state index contributed by atoms with van der Waals surface area (Å²) in [4.78, 5) is 14.3. The van der Waals surface area contributed by atoms with Gasteiger partial charge in [0.05, 0.1) is 18.8 Å². The van der Waals surface area contributed by atoms with Crippen molar-refractivity contribution in [2.24, 2.45) is 5.92 Å². The Labute approximate surface area is 138 Å².